The summed E-state index contributed by atoms with van der Waals surface area (Å²) in [5, 5.41) is 2.99. The zero-order chi connectivity index (χ0) is 15.3. The van der Waals surface area contributed by atoms with Crippen molar-refractivity contribution in [3.63, 3.8) is 0 Å². The van der Waals surface area contributed by atoms with Crippen molar-refractivity contribution in [3.05, 3.63) is 39.7 Å². The lowest BCUT2D eigenvalue weighted by molar-refractivity contribution is 0.581. The molecule has 2 aromatic rings. The number of nitrogens with zero attached hydrogens (tertiary/aromatic N) is 1. The van der Waals surface area contributed by atoms with Crippen molar-refractivity contribution in [2.45, 2.75) is 18.2 Å². The van der Waals surface area contributed by atoms with Gasteiger partial charge in [-0.3, -0.25) is 0 Å². The third-order valence-electron chi connectivity index (χ3n) is 2.69. The molecule has 8 heteroatoms. The molecule has 0 unspecified atom stereocenters. The Hall–Kier alpha value is -1.15. The van der Waals surface area contributed by atoms with Gasteiger partial charge in [0, 0.05) is 30.2 Å². The molecule has 0 aliphatic heterocycles. The largest absolute Gasteiger partial charge is 0.370 e. The Labute approximate surface area is 133 Å². The molecule has 0 saturated carbocycles. The van der Waals surface area contributed by atoms with Gasteiger partial charge in [0.1, 0.15) is 5.82 Å². The van der Waals surface area contributed by atoms with Gasteiger partial charge < -0.3 is 5.32 Å². The van der Waals surface area contributed by atoms with E-state index in [0.29, 0.717) is 29.7 Å². The van der Waals surface area contributed by atoms with E-state index in [2.05, 4.69) is 15.0 Å². The molecule has 21 heavy (non-hydrogen) atoms. The van der Waals surface area contributed by atoms with E-state index in [4.69, 9.17) is 11.6 Å². The molecular formula is C13H16ClN3O2S2. The van der Waals surface area contributed by atoms with Gasteiger partial charge in [0.25, 0.3) is 0 Å². The third kappa shape index (κ3) is 4.67. The monoisotopic (exact) mass is 345 g/mol. The van der Waals surface area contributed by atoms with Crippen molar-refractivity contribution >= 4 is 38.8 Å². The highest BCUT2D eigenvalue weighted by molar-refractivity contribution is 7.89. The fourth-order valence-electron chi connectivity index (χ4n) is 1.73. The van der Waals surface area contributed by atoms with Crippen LogP contribution < -0.4 is 10.0 Å². The van der Waals surface area contributed by atoms with Gasteiger partial charge >= 0.3 is 0 Å². The van der Waals surface area contributed by atoms with Crippen LogP contribution in [-0.2, 0) is 16.4 Å². The molecule has 0 spiro atoms. The van der Waals surface area contributed by atoms with Gasteiger partial charge in [0.2, 0.25) is 10.0 Å². The number of halogens is 1. The molecule has 5 nitrogen and oxygen atoms in total. The Balaban J connectivity index is 1.99. The van der Waals surface area contributed by atoms with Gasteiger partial charge in [-0.05, 0) is 31.5 Å². The number of anilines is 1. The standard InChI is InChI=1S/C13H16ClN3O2S2/c1-2-15-13-9-11(6-7-16-13)21(18,19)17-8-5-10-3-4-12(14)20-10/h3-4,6-7,9,17H,2,5,8H2,1H3,(H,15,16). The molecule has 0 atom stereocenters. The molecule has 2 rings (SSSR count). The molecule has 2 heterocycles. The van der Waals surface area contributed by atoms with Gasteiger partial charge in [-0.25, -0.2) is 18.1 Å². The van der Waals surface area contributed by atoms with Crippen molar-refractivity contribution in [3.8, 4) is 0 Å². The second-order valence-corrected chi connectivity index (χ2v) is 7.83. The molecular weight excluding hydrogens is 330 g/mol. The molecule has 2 N–H and O–H groups in total. The van der Waals surface area contributed by atoms with E-state index >= 15 is 0 Å². The first kappa shape index (κ1) is 16.2. The van der Waals surface area contributed by atoms with Crippen LogP contribution in [0.5, 0.6) is 0 Å². The maximum absolute atomic E-state index is 12.2. The van der Waals surface area contributed by atoms with Crippen molar-refractivity contribution in [2.24, 2.45) is 0 Å². The van der Waals surface area contributed by atoms with E-state index in [1.54, 1.807) is 0 Å². The fraction of sp³-hybridized carbons (Fsp3) is 0.308. The van der Waals surface area contributed by atoms with Crippen LogP contribution in [0.1, 0.15) is 11.8 Å². The summed E-state index contributed by atoms with van der Waals surface area (Å²) in [5.41, 5.74) is 0. The quantitative estimate of drug-likeness (QED) is 0.809. The van der Waals surface area contributed by atoms with E-state index in [1.807, 2.05) is 19.1 Å². The highest BCUT2D eigenvalue weighted by Crippen LogP contribution is 2.21. The molecule has 0 radical (unpaired) electrons. The number of hydrogen-bond acceptors (Lipinski definition) is 5. The SMILES string of the molecule is CCNc1cc(S(=O)(=O)NCCc2ccc(Cl)s2)ccn1. The number of rotatable bonds is 7. The molecule has 0 fully saturated rings. The number of nitrogens with one attached hydrogen (secondary N) is 2. The molecule has 0 amide bonds. The summed E-state index contributed by atoms with van der Waals surface area (Å²) in [6.07, 6.45) is 2.09. The van der Waals surface area contributed by atoms with Gasteiger partial charge in [-0.1, -0.05) is 11.6 Å². The molecule has 0 bridgehead atoms. The van der Waals surface area contributed by atoms with Crippen LogP contribution in [0, 0.1) is 0 Å². The van der Waals surface area contributed by atoms with Crippen LogP contribution in [0.25, 0.3) is 0 Å². The van der Waals surface area contributed by atoms with Crippen molar-refractivity contribution < 1.29 is 8.42 Å². The number of sulfonamides is 1. The minimum absolute atomic E-state index is 0.206. The normalized spacial score (nSPS) is 11.5. The smallest absolute Gasteiger partial charge is 0.240 e. The van der Waals surface area contributed by atoms with E-state index in [1.165, 1.54) is 29.7 Å². The predicted octanol–water partition coefficient (Wildman–Crippen LogP) is 2.75. The van der Waals surface area contributed by atoms with Crippen LogP contribution in [0.2, 0.25) is 4.34 Å². The van der Waals surface area contributed by atoms with E-state index in [9.17, 15) is 8.42 Å². The first-order chi connectivity index (χ1) is 10.0. The number of hydrogen-bond donors (Lipinski definition) is 2. The maximum Gasteiger partial charge on any atom is 0.240 e. The minimum Gasteiger partial charge on any atom is -0.370 e. The van der Waals surface area contributed by atoms with Crippen molar-refractivity contribution in [2.75, 3.05) is 18.4 Å². The Morgan fingerprint density at radius 1 is 1.33 bits per heavy atom. The van der Waals surface area contributed by atoms with Gasteiger partial charge in [-0.2, -0.15) is 0 Å². The van der Waals surface area contributed by atoms with Gasteiger partial charge in [0.15, 0.2) is 0 Å². The van der Waals surface area contributed by atoms with Crippen LogP contribution in [-0.4, -0.2) is 26.5 Å². The summed E-state index contributed by atoms with van der Waals surface area (Å²) in [6, 6.07) is 6.71. The molecule has 2 aromatic heterocycles. The summed E-state index contributed by atoms with van der Waals surface area (Å²) < 4.78 is 27.7. The zero-order valence-corrected chi connectivity index (χ0v) is 13.9. The minimum atomic E-state index is -3.52. The molecule has 0 aliphatic rings. The summed E-state index contributed by atoms with van der Waals surface area (Å²) in [4.78, 5) is 5.31. The van der Waals surface area contributed by atoms with Crippen LogP contribution in [0.15, 0.2) is 35.4 Å². The third-order valence-corrected chi connectivity index (χ3v) is 5.44. The lowest BCUT2D eigenvalue weighted by Crippen LogP contribution is -2.26. The van der Waals surface area contributed by atoms with Crippen LogP contribution in [0.4, 0.5) is 5.82 Å². The molecule has 114 valence electrons. The summed E-state index contributed by atoms with van der Waals surface area (Å²) in [5.74, 6) is 0.547. The lowest BCUT2D eigenvalue weighted by Gasteiger charge is -2.08. The molecule has 0 aromatic carbocycles. The molecule has 0 saturated heterocycles. The lowest BCUT2D eigenvalue weighted by atomic mass is 10.3. The highest BCUT2D eigenvalue weighted by Gasteiger charge is 2.14. The van der Waals surface area contributed by atoms with Gasteiger partial charge in [0.05, 0.1) is 9.23 Å². The second-order valence-electron chi connectivity index (χ2n) is 4.26. The Morgan fingerprint density at radius 3 is 2.81 bits per heavy atom. The average molecular weight is 346 g/mol. The predicted molar refractivity (Wildman–Crippen MR) is 86.6 cm³/mol. The van der Waals surface area contributed by atoms with Gasteiger partial charge in [-0.15, -0.1) is 11.3 Å². The number of thiophene rings is 1. The highest BCUT2D eigenvalue weighted by atomic mass is 35.5. The average Bonchev–Trinajstić information content (AvgIpc) is 2.85. The first-order valence-corrected chi connectivity index (χ1v) is 9.13. The fourth-order valence-corrected chi connectivity index (χ4v) is 3.87. The second kappa shape index (κ2) is 7.22. The Bertz CT molecular complexity index is 701. The number of aromatic nitrogens is 1. The van der Waals surface area contributed by atoms with E-state index in [-0.39, 0.29) is 4.90 Å². The van der Waals surface area contributed by atoms with Crippen LogP contribution >= 0.6 is 22.9 Å². The Kier molecular flexibility index (Phi) is 5.58. The summed E-state index contributed by atoms with van der Waals surface area (Å²) in [6.45, 7) is 2.94. The maximum atomic E-state index is 12.2. The summed E-state index contributed by atoms with van der Waals surface area (Å²) >= 11 is 7.29. The zero-order valence-electron chi connectivity index (χ0n) is 11.5. The van der Waals surface area contributed by atoms with Crippen LogP contribution in [0.3, 0.4) is 0 Å². The topological polar surface area (TPSA) is 71.1 Å². The summed E-state index contributed by atoms with van der Waals surface area (Å²) in [7, 11) is -3.52. The van der Waals surface area contributed by atoms with E-state index in [0.717, 1.165) is 4.88 Å². The van der Waals surface area contributed by atoms with Crippen molar-refractivity contribution in [1.82, 2.24) is 9.71 Å². The van der Waals surface area contributed by atoms with Crippen molar-refractivity contribution in [1.29, 1.82) is 0 Å². The Morgan fingerprint density at radius 2 is 2.14 bits per heavy atom. The van der Waals surface area contributed by atoms with E-state index < -0.39 is 10.0 Å². The first-order valence-electron chi connectivity index (χ1n) is 6.45. The molecule has 0 aliphatic carbocycles. The number of pyridine rings is 1.